The second-order valence-corrected chi connectivity index (χ2v) is 8.49. The number of benzene rings is 2. The third kappa shape index (κ3) is 3.23. The van der Waals surface area contributed by atoms with Gasteiger partial charge in [0.05, 0.1) is 26.7 Å². The van der Waals surface area contributed by atoms with Gasteiger partial charge in [-0.25, -0.2) is 4.68 Å². The summed E-state index contributed by atoms with van der Waals surface area (Å²) in [6.45, 7) is 2.28. The Morgan fingerprint density at radius 2 is 2.00 bits per heavy atom. The zero-order chi connectivity index (χ0) is 22.6. The summed E-state index contributed by atoms with van der Waals surface area (Å²) < 4.78 is 1.74. The van der Waals surface area contributed by atoms with Gasteiger partial charge >= 0.3 is 0 Å². The van der Waals surface area contributed by atoms with E-state index in [0.717, 1.165) is 16.9 Å². The van der Waals surface area contributed by atoms with Crippen LogP contribution in [-0.4, -0.2) is 27.2 Å². The molecule has 2 aliphatic rings. The van der Waals surface area contributed by atoms with Gasteiger partial charge in [-0.2, -0.15) is 5.10 Å². The highest BCUT2D eigenvalue weighted by Gasteiger charge is 2.37. The van der Waals surface area contributed by atoms with Crippen molar-refractivity contribution in [2.45, 2.75) is 19.4 Å². The number of nitro benzene ring substituents is 1. The van der Waals surface area contributed by atoms with Crippen LogP contribution in [0.2, 0.25) is 10.0 Å². The van der Waals surface area contributed by atoms with E-state index in [1.165, 1.54) is 12.1 Å². The van der Waals surface area contributed by atoms with E-state index >= 15 is 0 Å². The number of non-ortho nitro benzene ring substituents is 1. The lowest BCUT2D eigenvalue weighted by molar-refractivity contribution is -0.384. The fourth-order valence-electron chi connectivity index (χ4n) is 4.33. The molecule has 0 aliphatic carbocycles. The molecular formula is C22H17Cl2N5O3. The van der Waals surface area contributed by atoms with Crippen LogP contribution in [0.25, 0.3) is 0 Å². The molecule has 0 spiro atoms. The highest BCUT2D eigenvalue weighted by atomic mass is 35.5. The molecule has 0 radical (unpaired) electrons. The predicted molar refractivity (Wildman–Crippen MR) is 122 cm³/mol. The second kappa shape index (κ2) is 7.65. The van der Waals surface area contributed by atoms with Gasteiger partial charge < -0.3 is 10.2 Å². The SMILES string of the molecule is CC1=C(C(=O)N2CCc3cc([N+](=O)[O-])ccc32)C(c2ccc(Cl)c(Cl)c2)n2nccc2N1. The first kappa shape index (κ1) is 20.5. The predicted octanol–water partition coefficient (Wildman–Crippen LogP) is 4.98. The van der Waals surface area contributed by atoms with E-state index in [-0.39, 0.29) is 11.6 Å². The van der Waals surface area contributed by atoms with Gasteiger partial charge in [-0.1, -0.05) is 29.3 Å². The molecule has 0 bridgehead atoms. The number of rotatable bonds is 3. The standard InChI is InChI=1S/C22H17Cl2N5O3/c1-12-20(22(30)27-9-7-13-10-15(29(31)32)3-5-18(13)27)21(28-19(26-12)6-8-25-28)14-2-4-16(23)17(24)11-14/h2-6,8,10-11,21,26H,7,9H2,1H3. The molecule has 1 unspecified atom stereocenters. The molecule has 1 N–H and O–H groups in total. The van der Waals surface area contributed by atoms with Gasteiger partial charge in [0.15, 0.2) is 0 Å². The van der Waals surface area contributed by atoms with Crippen molar-refractivity contribution in [1.29, 1.82) is 0 Å². The number of fused-ring (bicyclic) bond motifs is 2. The van der Waals surface area contributed by atoms with E-state index in [9.17, 15) is 14.9 Å². The van der Waals surface area contributed by atoms with E-state index in [1.807, 2.05) is 19.1 Å². The van der Waals surface area contributed by atoms with E-state index < -0.39 is 11.0 Å². The van der Waals surface area contributed by atoms with Gasteiger partial charge in [-0.05, 0) is 42.7 Å². The van der Waals surface area contributed by atoms with Crippen LogP contribution in [-0.2, 0) is 11.2 Å². The molecule has 0 fully saturated rings. The molecule has 3 heterocycles. The maximum atomic E-state index is 13.9. The van der Waals surface area contributed by atoms with Crippen molar-refractivity contribution < 1.29 is 9.72 Å². The number of nitro groups is 1. The molecule has 1 aromatic heterocycles. The molecule has 32 heavy (non-hydrogen) atoms. The first-order chi connectivity index (χ1) is 15.3. The number of halogens is 2. The Balaban J connectivity index is 1.59. The number of carbonyl (C=O) groups excluding carboxylic acids is 1. The van der Waals surface area contributed by atoms with Crippen molar-refractivity contribution in [3.8, 4) is 0 Å². The van der Waals surface area contributed by atoms with Gasteiger partial charge in [0.25, 0.3) is 11.6 Å². The van der Waals surface area contributed by atoms with Gasteiger partial charge in [0.1, 0.15) is 11.9 Å². The van der Waals surface area contributed by atoms with Crippen molar-refractivity contribution >= 4 is 46.3 Å². The number of hydrogen-bond acceptors (Lipinski definition) is 5. The summed E-state index contributed by atoms with van der Waals surface area (Å²) in [6, 6.07) is 11.2. The van der Waals surface area contributed by atoms with Crippen molar-refractivity contribution in [2.24, 2.45) is 0 Å². The molecule has 2 aromatic carbocycles. The first-order valence-electron chi connectivity index (χ1n) is 9.90. The molecule has 2 aliphatic heterocycles. The monoisotopic (exact) mass is 469 g/mol. The summed E-state index contributed by atoms with van der Waals surface area (Å²) in [5, 5.41) is 19.6. The van der Waals surface area contributed by atoms with Crippen LogP contribution in [0.4, 0.5) is 17.2 Å². The quantitative estimate of drug-likeness (QED) is 0.431. The Morgan fingerprint density at radius 1 is 1.19 bits per heavy atom. The topological polar surface area (TPSA) is 93.3 Å². The van der Waals surface area contributed by atoms with Crippen LogP contribution in [0.1, 0.15) is 24.1 Å². The lowest BCUT2D eigenvalue weighted by Crippen LogP contribution is -2.37. The highest BCUT2D eigenvalue weighted by Crippen LogP contribution is 2.40. The van der Waals surface area contributed by atoms with Crippen LogP contribution in [0.5, 0.6) is 0 Å². The molecule has 1 atom stereocenters. The molecule has 10 heteroatoms. The number of carbonyl (C=O) groups is 1. The highest BCUT2D eigenvalue weighted by molar-refractivity contribution is 6.42. The fraction of sp³-hybridized carbons (Fsp3) is 0.182. The maximum absolute atomic E-state index is 13.9. The lowest BCUT2D eigenvalue weighted by Gasteiger charge is -2.32. The largest absolute Gasteiger partial charge is 0.344 e. The van der Waals surface area contributed by atoms with Gasteiger partial charge in [0.2, 0.25) is 0 Å². The van der Waals surface area contributed by atoms with Crippen LogP contribution >= 0.6 is 23.2 Å². The third-order valence-electron chi connectivity index (χ3n) is 5.81. The van der Waals surface area contributed by atoms with Crippen molar-refractivity contribution in [3.63, 3.8) is 0 Å². The Morgan fingerprint density at radius 3 is 2.75 bits per heavy atom. The Labute approximate surface area is 193 Å². The Hall–Kier alpha value is -3.36. The minimum Gasteiger partial charge on any atom is -0.344 e. The lowest BCUT2D eigenvalue weighted by atomic mass is 9.94. The van der Waals surface area contributed by atoms with Crippen LogP contribution in [0.15, 0.2) is 59.9 Å². The number of nitrogens with zero attached hydrogens (tertiary/aromatic N) is 4. The van der Waals surface area contributed by atoms with Crippen LogP contribution < -0.4 is 10.2 Å². The number of allylic oxidation sites excluding steroid dienone is 1. The fourth-order valence-corrected chi connectivity index (χ4v) is 4.64. The van der Waals surface area contributed by atoms with Crippen molar-refractivity contribution in [2.75, 3.05) is 16.8 Å². The minimum absolute atomic E-state index is 0.0163. The zero-order valence-corrected chi connectivity index (χ0v) is 18.4. The number of anilines is 2. The molecule has 1 amide bonds. The summed E-state index contributed by atoms with van der Waals surface area (Å²) in [4.78, 5) is 26.2. The Bertz CT molecular complexity index is 1320. The van der Waals surface area contributed by atoms with E-state index in [1.54, 1.807) is 34.0 Å². The molecule has 3 aromatic rings. The zero-order valence-electron chi connectivity index (χ0n) is 16.9. The van der Waals surface area contributed by atoms with E-state index in [0.29, 0.717) is 40.0 Å². The normalized spacial score (nSPS) is 17.1. The summed E-state index contributed by atoms with van der Waals surface area (Å²) >= 11 is 12.4. The number of hydrogen-bond donors (Lipinski definition) is 1. The molecule has 0 saturated carbocycles. The van der Waals surface area contributed by atoms with Gasteiger partial charge in [0, 0.05) is 36.1 Å². The molecule has 162 valence electrons. The number of nitrogens with one attached hydrogen (secondary N) is 1. The Kier molecular flexibility index (Phi) is 4.91. The smallest absolute Gasteiger partial charge is 0.269 e. The third-order valence-corrected chi connectivity index (χ3v) is 6.55. The average Bonchev–Trinajstić information content (AvgIpc) is 3.40. The first-order valence-corrected chi connectivity index (χ1v) is 10.7. The van der Waals surface area contributed by atoms with Gasteiger partial charge in [-0.15, -0.1) is 0 Å². The second-order valence-electron chi connectivity index (χ2n) is 7.68. The van der Waals surface area contributed by atoms with Crippen LogP contribution in [0, 0.1) is 10.1 Å². The maximum Gasteiger partial charge on any atom is 0.269 e. The number of aromatic nitrogens is 2. The van der Waals surface area contributed by atoms with Crippen LogP contribution in [0.3, 0.4) is 0 Å². The molecule has 8 nitrogen and oxygen atoms in total. The molecular weight excluding hydrogens is 453 g/mol. The molecule has 5 rings (SSSR count). The summed E-state index contributed by atoms with van der Waals surface area (Å²) in [5.74, 6) is 0.562. The summed E-state index contributed by atoms with van der Waals surface area (Å²) in [5.41, 5.74) is 3.47. The van der Waals surface area contributed by atoms with Crippen molar-refractivity contribution in [3.05, 3.63) is 91.2 Å². The summed E-state index contributed by atoms with van der Waals surface area (Å²) in [6.07, 6.45) is 2.21. The van der Waals surface area contributed by atoms with Crippen molar-refractivity contribution in [1.82, 2.24) is 9.78 Å². The van der Waals surface area contributed by atoms with E-state index in [4.69, 9.17) is 23.2 Å². The van der Waals surface area contributed by atoms with Gasteiger partial charge in [-0.3, -0.25) is 14.9 Å². The molecule has 0 saturated heterocycles. The number of amides is 1. The average molecular weight is 470 g/mol. The van der Waals surface area contributed by atoms with E-state index in [2.05, 4.69) is 10.4 Å². The summed E-state index contributed by atoms with van der Waals surface area (Å²) in [7, 11) is 0. The minimum atomic E-state index is -0.509.